The minimum absolute atomic E-state index is 0.497. The molecule has 3 nitrogen and oxygen atoms in total. The van der Waals surface area contributed by atoms with Crippen LogP contribution in [0.2, 0.25) is 0 Å². The highest BCUT2D eigenvalue weighted by molar-refractivity contribution is 5.30. The number of hydrogen-bond donors (Lipinski definition) is 1. The summed E-state index contributed by atoms with van der Waals surface area (Å²) < 4.78 is 11.9. The van der Waals surface area contributed by atoms with Crippen molar-refractivity contribution in [2.24, 2.45) is 5.73 Å². The fraction of sp³-hybridized carbons (Fsp3) is 0.333. The number of benzene rings is 1. The average molecular weight is 370 g/mol. The van der Waals surface area contributed by atoms with E-state index in [0.717, 1.165) is 24.2 Å². The van der Waals surface area contributed by atoms with E-state index in [0.29, 0.717) is 23.8 Å². The van der Waals surface area contributed by atoms with Crippen LogP contribution in [-0.2, 0) is 16.1 Å². The summed E-state index contributed by atoms with van der Waals surface area (Å²) in [5.41, 5.74) is 7.55. The first kappa shape index (κ1) is 24.3. The summed E-state index contributed by atoms with van der Waals surface area (Å²) in [5, 5.41) is 0. The molecule has 1 aliphatic carbocycles. The molecule has 0 saturated heterocycles. The molecule has 1 aliphatic rings. The van der Waals surface area contributed by atoms with Crippen LogP contribution in [0, 0.1) is 0 Å². The van der Waals surface area contributed by atoms with E-state index in [2.05, 4.69) is 12.7 Å². The van der Waals surface area contributed by atoms with Gasteiger partial charge in [0.25, 0.3) is 0 Å². The summed E-state index contributed by atoms with van der Waals surface area (Å²) in [6.45, 7) is 14.1. The van der Waals surface area contributed by atoms with E-state index in [-0.39, 0.29) is 0 Å². The van der Waals surface area contributed by atoms with Crippen LogP contribution in [0.5, 0.6) is 0 Å². The Kier molecular flexibility index (Phi) is 14.0. The number of allylic oxidation sites excluding steroid dienone is 6. The van der Waals surface area contributed by atoms with Gasteiger partial charge < -0.3 is 15.2 Å². The summed E-state index contributed by atoms with van der Waals surface area (Å²) in [4.78, 5) is 0. The molecule has 0 unspecified atom stereocenters. The van der Waals surface area contributed by atoms with Gasteiger partial charge in [0.15, 0.2) is 5.76 Å². The fourth-order valence-corrected chi connectivity index (χ4v) is 2.16. The van der Waals surface area contributed by atoms with Gasteiger partial charge in [-0.15, -0.1) is 0 Å². The van der Waals surface area contributed by atoms with Gasteiger partial charge in [0, 0.05) is 6.42 Å². The fourth-order valence-electron chi connectivity index (χ4n) is 2.16. The van der Waals surface area contributed by atoms with Gasteiger partial charge in [-0.3, -0.25) is 0 Å². The first-order valence-corrected chi connectivity index (χ1v) is 9.73. The van der Waals surface area contributed by atoms with Gasteiger partial charge in [0.05, 0.1) is 5.70 Å². The second-order valence-electron chi connectivity index (χ2n) is 5.13. The van der Waals surface area contributed by atoms with Crippen LogP contribution in [0.15, 0.2) is 90.3 Å². The molecule has 0 atom stereocenters. The summed E-state index contributed by atoms with van der Waals surface area (Å²) in [6.07, 6.45) is 11.0. The summed E-state index contributed by atoms with van der Waals surface area (Å²) in [7, 11) is 0. The first-order chi connectivity index (χ1) is 13.2. The van der Waals surface area contributed by atoms with Crippen molar-refractivity contribution >= 4 is 0 Å². The van der Waals surface area contributed by atoms with Crippen LogP contribution < -0.4 is 5.73 Å². The van der Waals surface area contributed by atoms with E-state index in [1.54, 1.807) is 6.08 Å². The zero-order chi connectivity index (χ0) is 20.5. The van der Waals surface area contributed by atoms with Crippen LogP contribution >= 0.6 is 0 Å². The van der Waals surface area contributed by atoms with E-state index < -0.39 is 0 Å². The molecule has 0 spiro atoms. The maximum atomic E-state index is 5.96. The van der Waals surface area contributed by atoms with Crippen LogP contribution in [-0.4, -0.2) is 0 Å². The monoisotopic (exact) mass is 369 g/mol. The SMILES string of the molecule is C=C/C(N)=C(\C=C/C)OC1=C(OCc2ccccc2)CCC=C1.CC.CC. The first-order valence-electron chi connectivity index (χ1n) is 9.73. The van der Waals surface area contributed by atoms with Gasteiger partial charge in [0.2, 0.25) is 0 Å². The standard InChI is InChI=1S/C20H23NO2.2C2H6/c1-3-10-18(17(21)4-2)23-20-14-9-8-13-19(20)22-15-16-11-6-5-7-12-16;2*1-2/h3-7,9-12,14H,2,8,13,15,21H2,1H3;2*1-2H3/b10-3-,18-17-;;. The van der Waals surface area contributed by atoms with Gasteiger partial charge >= 0.3 is 0 Å². The molecule has 0 saturated carbocycles. The molecule has 0 fully saturated rings. The number of hydrogen-bond acceptors (Lipinski definition) is 3. The molecule has 0 bridgehead atoms. The quantitative estimate of drug-likeness (QED) is 0.426. The summed E-state index contributed by atoms with van der Waals surface area (Å²) >= 11 is 0. The largest absolute Gasteiger partial charge is 0.489 e. The number of nitrogens with two attached hydrogens (primary N) is 1. The maximum absolute atomic E-state index is 5.96. The average Bonchev–Trinajstić information content (AvgIpc) is 2.75. The van der Waals surface area contributed by atoms with Crippen molar-refractivity contribution < 1.29 is 9.47 Å². The van der Waals surface area contributed by atoms with E-state index in [9.17, 15) is 0 Å². The van der Waals surface area contributed by atoms with E-state index in [1.807, 2.05) is 83.2 Å². The van der Waals surface area contributed by atoms with Crippen LogP contribution in [0.1, 0.15) is 53.0 Å². The Morgan fingerprint density at radius 2 is 1.81 bits per heavy atom. The predicted molar refractivity (Wildman–Crippen MR) is 117 cm³/mol. The lowest BCUT2D eigenvalue weighted by molar-refractivity contribution is 0.164. The lowest BCUT2D eigenvalue weighted by atomic mass is 10.1. The van der Waals surface area contributed by atoms with Gasteiger partial charge in [-0.1, -0.05) is 76.8 Å². The summed E-state index contributed by atoms with van der Waals surface area (Å²) in [6, 6.07) is 10.1. The smallest absolute Gasteiger partial charge is 0.164 e. The van der Waals surface area contributed by atoms with E-state index >= 15 is 0 Å². The third kappa shape index (κ3) is 9.00. The zero-order valence-electron chi connectivity index (χ0n) is 17.5. The summed E-state index contributed by atoms with van der Waals surface area (Å²) in [5.74, 6) is 2.12. The predicted octanol–water partition coefficient (Wildman–Crippen LogP) is 6.77. The third-order valence-corrected chi connectivity index (χ3v) is 3.38. The highest BCUT2D eigenvalue weighted by Crippen LogP contribution is 2.25. The van der Waals surface area contributed by atoms with Crippen molar-refractivity contribution in [1.82, 2.24) is 0 Å². The molecule has 0 amide bonds. The van der Waals surface area contributed by atoms with Gasteiger partial charge in [-0.25, -0.2) is 0 Å². The van der Waals surface area contributed by atoms with Crippen LogP contribution in [0.3, 0.4) is 0 Å². The molecule has 3 heteroatoms. The number of ether oxygens (including phenoxy) is 2. The molecule has 0 aromatic heterocycles. The molecular formula is C24H35NO2. The van der Waals surface area contributed by atoms with Gasteiger partial charge in [0.1, 0.15) is 18.1 Å². The topological polar surface area (TPSA) is 44.5 Å². The Bertz CT molecular complexity index is 652. The molecule has 0 radical (unpaired) electrons. The molecule has 2 rings (SSSR count). The molecular weight excluding hydrogens is 334 g/mol. The molecule has 0 aliphatic heterocycles. The Morgan fingerprint density at radius 1 is 1.15 bits per heavy atom. The minimum atomic E-state index is 0.497. The molecule has 2 N–H and O–H groups in total. The van der Waals surface area contributed by atoms with Crippen molar-refractivity contribution in [2.75, 3.05) is 0 Å². The molecule has 0 heterocycles. The van der Waals surface area contributed by atoms with Crippen molar-refractivity contribution in [1.29, 1.82) is 0 Å². The lowest BCUT2D eigenvalue weighted by Gasteiger charge is -2.18. The molecule has 1 aromatic rings. The van der Waals surface area contributed by atoms with Crippen LogP contribution in [0.25, 0.3) is 0 Å². The maximum Gasteiger partial charge on any atom is 0.164 e. The Hall–Kier alpha value is -2.68. The molecule has 148 valence electrons. The number of rotatable bonds is 7. The van der Waals surface area contributed by atoms with Gasteiger partial charge in [-0.05, 0) is 37.1 Å². The highest BCUT2D eigenvalue weighted by atomic mass is 16.5. The highest BCUT2D eigenvalue weighted by Gasteiger charge is 2.14. The van der Waals surface area contributed by atoms with Crippen LogP contribution in [0.4, 0.5) is 0 Å². The van der Waals surface area contributed by atoms with E-state index in [1.165, 1.54) is 0 Å². The third-order valence-electron chi connectivity index (χ3n) is 3.38. The normalized spacial score (nSPS) is 13.7. The molecule has 1 aromatic carbocycles. The van der Waals surface area contributed by atoms with Crippen molar-refractivity contribution in [3.8, 4) is 0 Å². The van der Waals surface area contributed by atoms with Crippen molar-refractivity contribution in [3.63, 3.8) is 0 Å². The second-order valence-corrected chi connectivity index (χ2v) is 5.13. The Morgan fingerprint density at radius 3 is 2.41 bits per heavy atom. The van der Waals surface area contributed by atoms with E-state index in [4.69, 9.17) is 15.2 Å². The lowest BCUT2D eigenvalue weighted by Crippen LogP contribution is -2.06. The van der Waals surface area contributed by atoms with Crippen molar-refractivity contribution in [3.05, 3.63) is 95.8 Å². The minimum Gasteiger partial charge on any atom is -0.489 e. The second kappa shape index (κ2) is 15.6. The molecule has 27 heavy (non-hydrogen) atoms. The Labute approximate surface area is 165 Å². The van der Waals surface area contributed by atoms with Crippen molar-refractivity contribution in [2.45, 2.75) is 54.1 Å². The Balaban J connectivity index is 0.00000158. The zero-order valence-corrected chi connectivity index (χ0v) is 17.5. The van der Waals surface area contributed by atoms with Gasteiger partial charge in [-0.2, -0.15) is 0 Å².